The maximum atomic E-state index is 13.6. The fraction of sp³-hybridized carbons (Fsp3) is 0.462. The molecule has 0 radical (unpaired) electrons. The molecule has 0 aromatic heterocycles. The lowest BCUT2D eigenvalue weighted by atomic mass is 9.84. The summed E-state index contributed by atoms with van der Waals surface area (Å²) in [4.78, 5) is 28.5. The molecular weight excluding hydrogens is 576 g/mol. The number of alkyl halides is 9. The van der Waals surface area contributed by atoms with Crippen LogP contribution in [0, 0.1) is 5.82 Å². The van der Waals surface area contributed by atoms with Crippen LogP contribution < -0.4 is 0 Å². The molecule has 2 aliphatic rings. The van der Waals surface area contributed by atoms with Gasteiger partial charge in [-0.05, 0) is 42.3 Å². The summed E-state index contributed by atoms with van der Waals surface area (Å²) in [5.41, 5.74) is -3.55. The second kappa shape index (κ2) is 11.1. The average Bonchev–Trinajstić information content (AvgIpc) is 2.91. The summed E-state index contributed by atoms with van der Waals surface area (Å²) >= 11 is 0. The Kier molecular flexibility index (Phi) is 8.31. The van der Waals surface area contributed by atoms with Crippen molar-refractivity contribution < 1.29 is 53.5 Å². The van der Waals surface area contributed by atoms with Crippen LogP contribution in [0.1, 0.15) is 39.4 Å². The molecule has 0 bridgehead atoms. The molecule has 2 saturated heterocycles. The Bertz CT molecular complexity index is 1230. The van der Waals surface area contributed by atoms with Gasteiger partial charge in [0.25, 0.3) is 5.91 Å². The summed E-state index contributed by atoms with van der Waals surface area (Å²) in [6.07, 6.45) is -15.1. The van der Waals surface area contributed by atoms with Gasteiger partial charge in [-0.15, -0.1) is 0 Å². The molecule has 2 aromatic carbocycles. The first kappa shape index (κ1) is 30.6. The number of hydrogen-bond acceptors (Lipinski definition) is 3. The van der Waals surface area contributed by atoms with Crippen molar-refractivity contribution in [3.8, 4) is 0 Å². The lowest BCUT2D eigenvalue weighted by Gasteiger charge is -2.47. The van der Waals surface area contributed by atoms with Crippen molar-refractivity contribution in [3.05, 3.63) is 70.5 Å². The van der Waals surface area contributed by atoms with Gasteiger partial charge in [-0.2, -0.15) is 39.5 Å². The number of piperidine rings is 1. The summed E-state index contributed by atoms with van der Waals surface area (Å²) in [6, 6.07) is 5.37. The number of likely N-dealkylation sites (tertiary alicyclic amines) is 1. The van der Waals surface area contributed by atoms with E-state index < -0.39 is 64.8 Å². The molecular formula is C26H23F10N3O2. The summed E-state index contributed by atoms with van der Waals surface area (Å²) in [5, 5.41) is 0. The van der Waals surface area contributed by atoms with Crippen LogP contribution in [-0.4, -0.2) is 78.0 Å². The van der Waals surface area contributed by atoms with Crippen molar-refractivity contribution in [2.24, 2.45) is 0 Å². The lowest BCUT2D eigenvalue weighted by molar-refractivity contribution is -0.187. The van der Waals surface area contributed by atoms with Crippen LogP contribution in [0.5, 0.6) is 0 Å². The maximum absolute atomic E-state index is 13.6. The predicted molar refractivity (Wildman–Crippen MR) is 124 cm³/mol. The largest absolute Gasteiger partial charge is 0.471 e. The van der Waals surface area contributed by atoms with E-state index in [2.05, 4.69) is 0 Å². The molecule has 0 N–H and O–H groups in total. The first-order valence-electron chi connectivity index (χ1n) is 12.4. The zero-order chi connectivity index (χ0) is 30.3. The van der Waals surface area contributed by atoms with Gasteiger partial charge in [0.1, 0.15) is 5.82 Å². The second-order valence-corrected chi connectivity index (χ2v) is 9.89. The molecule has 5 nitrogen and oxygen atoms in total. The number of rotatable bonds is 3. The molecule has 41 heavy (non-hydrogen) atoms. The molecule has 0 saturated carbocycles. The fourth-order valence-electron chi connectivity index (χ4n) is 5.30. The van der Waals surface area contributed by atoms with Crippen molar-refractivity contribution in [2.45, 2.75) is 36.9 Å². The Labute approximate surface area is 227 Å². The zero-order valence-corrected chi connectivity index (χ0v) is 21.1. The highest BCUT2D eigenvalue weighted by Gasteiger charge is 2.45. The van der Waals surface area contributed by atoms with Crippen molar-refractivity contribution in [1.82, 2.24) is 14.7 Å². The number of carbonyl (C=O) groups is 2. The predicted octanol–water partition coefficient (Wildman–Crippen LogP) is 5.57. The summed E-state index contributed by atoms with van der Waals surface area (Å²) in [7, 11) is 0. The van der Waals surface area contributed by atoms with E-state index in [0.29, 0.717) is 22.6 Å². The highest BCUT2D eigenvalue weighted by molar-refractivity contribution is 5.95. The zero-order valence-electron chi connectivity index (χ0n) is 21.1. The standard InChI is InChI=1S/C26H23F10N3O2/c27-19-3-1-15(2-4-19)20-14-39(6-5-21(20)37-7-9-38(10-8-37)23(41)26(34,35)36)22(40)16-11-17(24(28,29)30)13-18(12-16)25(31,32)33/h1-4,11-13,20-21H,5-10,14H2/t20-,21-/m1/s1. The van der Waals surface area contributed by atoms with Crippen molar-refractivity contribution >= 4 is 11.8 Å². The van der Waals surface area contributed by atoms with E-state index in [0.717, 1.165) is 17.0 Å². The van der Waals surface area contributed by atoms with Crippen LogP contribution in [0.3, 0.4) is 0 Å². The Balaban J connectivity index is 1.59. The first-order chi connectivity index (χ1) is 18.9. The van der Waals surface area contributed by atoms with Crippen molar-refractivity contribution in [2.75, 3.05) is 39.3 Å². The third-order valence-corrected chi connectivity index (χ3v) is 7.31. The topological polar surface area (TPSA) is 43.9 Å². The fourth-order valence-corrected chi connectivity index (χ4v) is 5.30. The highest BCUT2D eigenvalue weighted by Crippen LogP contribution is 2.38. The number of carbonyl (C=O) groups excluding carboxylic acids is 2. The van der Waals surface area contributed by atoms with Crippen LogP contribution in [0.2, 0.25) is 0 Å². The lowest BCUT2D eigenvalue weighted by Crippen LogP contribution is -2.58. The monoisotopic (exact) mass is 599 g/mol. The number of nitrogens with zero attached hydrogens (tertiary/aromatic N) is 3. The first-order valence-corrected chi connectivity index (χ1v) is 12.4. The third-order valence-electron chi connectivity index (χ3n) is 7.31. The quantitative estimate of drug-likeness (QED) is 0.434. The van der Waals surface area contributed by atoms with Crippen LogP contribution in [0.25, 0.3) is 0 Å². The number of piperazine rings is 1. The second-order valence-electron chi connectivity index (χ2n) is 9.89. The minimum absolute atomic E-state index is 0.0562. The van der Waals surface area contributed by atoms with E-state index in [4.69, 9.17) is 0 Å². The summed E-state index contributed by atoms with van der Waals surface area (Å²) < 4.78 is 132. The van der Waals surface area contributed by atoms with Crippen LogP contribution in [0.15, 0.2) is 42.5 Å². The molecule has 2 amide bonds. The van der Waals surface area contributed by atoms with Gasteiger partial charge in [0.05, 0.1) is 11.1 Å². The van der Waals surface area contributed by atoms with Crippen molar-refractivity contribution in [1.29, 1.82) is 0 Å². The van der Waals surface area contributed by atoms with E-state index in [1.807, 2.05) is 4.90 Å². The SMILES string of the molecule is O=C(c1cc(C(F)(F)F)cc(C(F)(F)F)c1)N1CC[C@@H](N2CCN(C(=O)C(F)(F)F)CC2)[C@@H](c2ccc(F)cc2)C1. The third kappa shape index (κ3) is 6.93. The van der Waals surface area contributed by atoms with Gasteiger partial charge in [-0.25, -0.2) is 4.39 Å². The van der Waals surface area contributed by atoms with Gasteiger partial charge >= 0.3 is 24.4 Å². The van der Waals surface area contributed by atoms with Crippen LogP contribution in [0.4, 0.5) is 43.9 Å². The Morgan fingerprint density at radius 2 is 1.24 bits per heavy atom. The molecule has 2 aliphatic heterocycles. The molecule has 0 aliphatic carbocycles. The van der Waals surface area contributed by atoms with E-state index in [1.54, 1.807) is 0 Å². The van der Waals surface area contributed by atoms with Gasteiger partial charge in [0, 0.05) is 56.8 Å². The van der Waals surface area contributed by atoms with Gasteiger partial charge in [-0.1, -0.05) is 12.1 Å². The Morgan fingerprint density at radius 1 is 0.707 bits per heavy atom. The van der Waals surface area contributed by atoms with Gasteiger partial charge in [0.2, 0.25) is 0 Å². The average molecular weight is 599 g/mol. The van der Waals surface area contributed by atoms with Crippen LogP contribution in [-0.2, 0) is 17.1 Å². The number of halogens is 10. The molecule has 2 atom stereocenters. The number of amides is 2. The van der Waals surface area contributed by atoms with Gasteiger partial charge in [-0.3, -0.25) is 14.5 Å². The minimum atomic E-state index is -5.14. The molecule has 2 fully saturated rings. The van der Waals surface area contributed by atoms with E-state index in [1.165, 1.54) is 12.1 Å². The van der Waals surface area contributed by atoms with Crippen molar-refractivity contribution in [3.63, 3.8) is 0 Å². The van der Waals surface area contributed by atoms with E-state index in [-0.39, 0.29) is 51.8 Å². The van der Waals surface area contributed by atoms with Gasteiger partial charge < -0.3 is 9.80 Å². The van der Waals surface area contributed by atoms with E-state index >= 15 is 0 Å². The molecule has 2 aromatic rings. The number of benzene rings is 2. The smallest absolute Gasteiger partial charge is 0.338 e. The molecule has 224 valence electrons. The molecule has 0 unspecified atom stereocenters. The van der Waals surface area contributed by atoms with Gasteiger partial charge in [0.15, 0.2) is 0 Å². The van der Waals surface area contributed by atoms with Crippen LogP contribution >= 0.6 is 0 Å². The minimum Gasteiger partial charge on any atom is -0.338 e. The number of hydrogen-bond donors (Lipinski definition) is 0. The van der Waals surface area contributed by atoms with E-state index in [9.17, 15) is 53.5 Å². The molecule has 2 heterocycles. The molecule has 0 spiro atoms. The summed E-state index contributed by atoms with van der Waals surface area (Å²) in [6.45, 7) is -0.563. The normalized spacial score (nSPS) is 21.2. The highest BCUT2D eigenvalue weighted by atomic mass is 19.4. The summed E-state index contributed by atoms with van der Waals surface area (Å²) in [5.74, 6) is -4.21. The molecule has 15 heteroatoms. The maximum Gasteiger partial charge on any atom is 0.471 e. The Hall–Kier alpha value is -3.36. The Morgan fingerprint density at radius 3 is 1.73 bits per heavy atom. The molecule has 4 rings (SSSR count).